The van der Waals surface area contributed by atoms with Crippen LogP contribution in [0, 0.1) is 0 Å². The molecule has 0 aromatic carbocycles. The minimum atomic E-state index is 0.0279. The van der Waals surface area contributed by atoms with Gasteiger partial charge in [-0.2, -0.15) is 0 Å². The van der Waals surface area contributed by atoms with Crippen molar-refractivity contribution < 1.29 is 4.79 Å². The number of carbonyl (C=O) groups excluding carboxylic acids is 1. The minimum absolute atomic E-state index is 0.0279. The molecule has 4 heteroatoms. The molecule has 1 saturated carbocycles. The van der Waals surface area contributed by atoms with E-state index in [1.807, 2.05) is 22.9 Å². The molecule has 1 heterocycles. The molecule has 1 aliphatic rings. The molecule has 1 amide bonds. The highest BCUT2D eigenvalue weighted by Crippen LogP contribution is 2.18. The lowest BCUT2D eigenvalue weighted by Crippen LogP contribution is -2.29. The predicted octanol–water partition coefficient (Wildman–Crippen LogP) is 1.94. The average Bonchev–Trinajstić information content (AvgIpc) is 3.02. The van der Waals surface area contributed by atoms with Gasteiger partial charge in [-0.25, -0.2) is 0 Å². The maximum Gasteiger partial charge on any atom is 0.267 e. The molecule has 4 nitrogen and oxygen atoms in total. The van der Waals surface area contributed by atoms with Crippen molar-refractivity contribution in [1.82, 2.24) is 15.2 Å². The highest BCUT2D eigenvalue weighted by molar-refractivity contribution is 5.92. The lowest BCUT2D eigenvalue weighted by molar-refractivity contribution is 0.0942. The van der Waals surface area contributed by atoms with Crippen molar-refractivity contribution >= 4 is 5.91 Å². The summed E-state index contributed by atoms with van der Waals surface area (Å²) in [5.74, 6) is 0.0279. The molecule has 0 radical (unpaired) electrons. The van der Waals surface area contributed by atoms with Crippen LogP contribution in [0.25, 0.3) is 0 Å². The zero-order valence-electron chi connectivity index (χ0n) is 11.3. The van der Waals surface area contributed by atoms with Crippen LogP contribution in [-0.2, 0) is 0 Å². The molecule has 2 N–H and O–H groups in total. The molecule has 100 valence electrons. The monoisotopic (exact) mass is 249 g/mol. The zero-order chi connectivity index (χ0) is 13.0. The first-order valence-corrected chi connectivity index (χ1v) is 6.87. The van der Waals surface area contributed by atoms with E-state index in [1.54, 1.807) is 0 Å². The van der Waals surface area contributed by atoms with Gasteiger partial charge in [0.05, 0.1) is 0 Å². The second kappa shape index (κ2) is 6.05. The van der Waals surface area contributed by atoms with Gasteiger partial charge >= 0.3 is 0 Å². The fourth-order valence-electron chi connectivity index (χ4n) is 2.01. The van der Waals surface area contributed by atoms with Gasteiger partial charge in [0.2, 0.25) is 0 Å². The van der Waals surface area contributed by atoms with E-state index in [9.17, 15) is 4.79 Å². The lowest BCUT2D eigenvalue weighted by Gasteiger charge is -2.12. The number of hydrogen-bond acceptors (Lipinski definition) is 2. The second-order valence-corrected chi connectivity index (χ2v) is 5.23. The van der Waals surface area contributed by atoms with Gasteiger partial charge in [0.1, 0.15) is 5.69 Å². The number of amides is 1. The molecule has 0 spiro atoms. The number of rotatable bonds is 7. The Hall–Kier alpha value is -1.29. The summed E-state index contributed by atoms with van der Waals surface area (Å²) in [4.78, 5) is 12.0. The quantitative estimate of drug-likeness (QED) is 0.725. The van der Waals surface area contributed by atoms with Crippen molar-refractivity contribution in [2.75, 3.05) is 13.1 Å². The molecular weight excluding hydrogens is 226 g/mol. The van der Waals surface area contributed by atoms with Gasteiger partial charge in [0.25, 0.3) is 5.91 Å². The Bertz CT molecular complexity index is 393. The van der Waals surface area contributed by atoms with E-state index in [1.165, 1.54) is 12.8 Å². The van der Waals surface area contributed by atoms with Gasteiger partial charge in [-0.15, -0.1) is 0 Å². The molecule has 0 unspecified atom stereocenters. The average molecular weight is 249 g/mol. The standard InChI is InChI=1S/C14H23N3O/c1-11(2)17-10-3-5-13(17)14(18)16-9-4-8-15-12-6-7-12/h3,5,10-12,15H,4,6-9H2,1-2H3,(H,16,18). The molecular formula is C14H23N3O. The maximum atomic E-state index is 12.0. The zero-order valence-corrected chi connectivity index (χ0v) is 11.3. The van der Waals surface area contributed by atoms with E-state index in [-0.39, 0.29) is 5.91 Å². The summed E-state index contributed by atoms with van der Waals surface area (Å²) in [6, 6.07) is 4.86. The Kier molecular flexibility index (Phi) is 4.42. The number of hydrogen-bond donors (Lipinski definition) is 2. The van der Waals surface area contributed by atoms with Crippen LogP contribution in [0.3, 0.4) is 0 Å². The van der Waals surface area contributed by atoms with Gasteiger partial charge in [-0.1, -0.05) is 0 Å². The maximum absolute atomic E-state index is 12.0. The van der Waals surface area contributed by atoms with Crippen molar-refractivity contribution in [3.63, 3.8) is 0 Å². The summed E-state index contributed by atoms with van der Waals surface area (Å²) in [7, 11) is 0. The first-order valence-electron chi connectivity index (χ1n) is 6.87. The van der Waals surface area contributed by atoms with E-state index in [0.717, 1.165) is 31.2 Å². The molecule has 0 saturated heterocycles. The molecule has 1 aromatic heterocycles. The minimum Gasteiger partial charge on any atom is -0.351 e. The van der Waals surface area contributed by atoms with Crippen LogP contribution < -0.4 is 10.6 Å². The molecule has 1 aliphatic carbocycles. The number of nitrogens with zero attached hydrogens (tertiary/aromatic N) is 1. The SMILES string of the molecule is CC(C)n1cccc1C(=O)NCCCNC1CC1. The molecule has 0 bridgehead atoms. The second-order valence-electron chi connectivity index (χ2n) is 5.23. The fourth-order valence-corrected chi connectivity index (χ4v) is 2.01. The molecule has 2 rings (SSSR count). The van der Waals surface area contributed by atoms with Crippen molar-refractivity contribution in [3.8, 4) is 0 Å². The topological polar surface area (TPSA) is 46.1 Å². The van der Waals surface area contributed by atoms with Crippen molar-refractivity contribution in [1.29, 1.82) is 0 Å². The van der Waals surface area contributed by atoms with E-state index in [2.05, 4.69) is 24.5 Å². The van der Waals surface area contributed by atoms with Crippen LogP contribution in [0.1, 0.15) is 49.6 Å². The van der Waals surface area contributed by atoms with Crippen molar-refractivity contribution in [2.45, 2.75) is 45.2 Å². The molecule has 0 atom stereocenters. The largest absolute Gasteiger partial charge is 0.351 e. The normalized spacial score (nSPS) is 15.1. The van der Waals surface area contributed by atoms with E-state index >= 15 is 0 Å². The van der Waals surface area contributed by atoms with Gasteiger partial charge in [-0.05, 0) is 51.8 Å². The fraction of sp³-hybridized carbons (Fsp3) is 0.643. The number of nitrogens with one attached hydrogen (secondary N) is 2. The number of carbonyl (C=O) groups is 1. The highest BCUT2D eigenvalue weighted by Gasteiger charge is 2.19. The Morgan fingerprint density at radius 2 is 2.22 bits per heavy atom. The summed E-state index contributed by atoms with van der Waals surface area (Å²) in [5, 5.41) is 6.41. The third kappa shape index (κ3) is 3.60. The third-order valence-electron chi connectivity index (χ3n) is 3.22. The third-order valence-corrected chi connectivity index (χ3v) is 3.22. The van der Waals surface area contributed by atoms with Gasteiger partial charge in [-0.3, -0.25) is 4.79 Å². The summed E-state index contributed by atoms with van der Waals surface area (Å²) >= 11 is 0. The van der Waals surface area contributed by atoms with Gasteiger partial charge in [0, 0.05) is 24.8 Å². The van der Waals surface area contributed by atoms with E-state index in [0.29, 0.717) is 6.04 Å². The van der Waals surface area contributed by atoms with Crippen molar-refractivity contribution in [2.24, 2.45) is 0 Å². The molecule has 1 fully saturated rings. The van der Waals surface area contributed by atoms with Crippen LogP contribution in [0.15, 0.2) is 18.3 Å². The van der Waals surface area contributed by atoms with Crippen LogP contribution in [0.5, 0.6) is 0 Å². The summed E-state index contributed by atoms with van der Waals surface area (Å²) in [5.41, 5.74) is 0.750. The Balaban J connectivity index is 1.71. The molecule has 0 aliphatic heterocycles. The van der Waals surface area contributed by atoms with Crippen LogP contribution in [0.2, 0.25) is 0 Å². The van der Waals surface area contributed by atoms with Crippen LogP contribution in [0.4, 0.5) is 0 Å². The Labute approximate surface area is 109 Å². The van der Waals surface area contributed by atoms with Crippen molar-refractivity contribution in [3.05, 3.63) is 24.0 Å². The summed E-state index contributed by atoms with van der Waals surface area (Å²) < 4.78 is 2.00. The van der Waals surface area contributed by atoms with Gasteiger partial charge in [0.15, 0.2) is 0 Å². The van der Waals surface area contributed by atoms with Gasteiger partial charge < -0.3 is 15.2 Å². The highest BCUT2D eigenvalue weighted by atomic mass is 16.1. The van der Waals surface area contributed by atoms with E-state index < -0.39 is 0 Å². The summed E-state index contributed by atoms with van der Waals surface area (Å²) in [6.45, 7) is 5.89. The van der Waals surface area contributed by atoms with E-state index in [4.69, 9.17) is 0 Å². The summed E-state index contributed by atoms with van der Waals surface area (Å²) in [6.07, 6.45) is 5.57. The first kappa shape index (κ1) is 13.1. The van der Waals surface area contributed by atoms with Crippen LogP contribution >= 0.6 is 0 Å². The first-order chi connectivity index (χ1) is 8.68. The lowest BCUT2D eigenvalue weighted by atomic mass is 10.3. The predicted molar refractivity (Wildman–Crippen MR) is 72.8 cm³/mol. The molecule has 1 aromatic rings. The molecule has 18 heavy (non-hydrogen) atoms. The Morgan fingerprint density at radius 1 is 1.44 bits per heavy atom. The Morgan fingerprint density at radius 3 is 2.89 bits per heavy atom. The number of aromatic nitrogens is 1. The van der Waals surface area contributed by atoms with Crippen LogP contribution in [-0.4, -0.2) is 29.6 Å². The smallest absolute Gasteiger partial charge is 0.267 e.